The van der Waals surface area contributed by atoms with Gasteiger partial charge in [0.1, 0.15) is 11.4 Å². The van der Waals surface area contributed by atoms with E-state index >= 15 is 0 Å². The van der Waals surface area contributed by atoms with Gasteiger partial charge < -0.3 is 14.2 Å². The first-order chi connectivity index (χ1) is 10.3. The first-order valence-corrected chi connectivity index (χ1v) is 7.51. The molecule has 2 heterocycles. The van der Waals surface area contributed by atoms with Gasteiger partial charge in [0, 0.05) is 12.5 Å². The molecule has 124 valence electrons. The Bertz CT molecular complexity index is 449. The van der Waals surface area contributed by atoms with Crippen molar-refractivity contribution in [2.45, 2.75) is 45.3 Å². The van der Waals surface area contributed by atoms with Crippen molar-refractivity contribution in [3.8, 4) is 0 Å². The van der Waals surface area contributed by atoms with E-state index in [2.05, 4.69) is 0 Å². The first kappa shape index (κ1) is 16.9. The highest BCUT2D eigenvalue weighted by molar-refractivity contribution is 6.06. The Morgan fingerprint density at radius 3 is 2.64 bits per heavy atom. The van der Waals surface area contributed by atoms with Gasteiger partial charge in [-0.3, -0.25) is 9.59 Å². The van der Waals surface area contributed by atoms with Gasteiger partial charge in [-0.1, -0.05) is 0 Å². The van der Waals surface area contributed by atoms with E-state index in [0.717, 1.165) is 4.90 Å². The molecule has 0 saturated carbocycles. The molecule has 0 bridgehead atoms. The van der Waals surface area contributed by atoms with E-state index in [1.54, 1.807) is 20.8 Å². The molecule has 0 aliphatic carbocycles. The molecule has 7 heteroatoms. The maximum Gasteiger partial charge on any atom is 0.417 e. The lowest BCUT2D eigenvalue weighted by Gasteiger charge is -2.33. The molecule has 2 atom stereocenters. The van der Waals surface area contributed by atoms with E-state index < -0.39 is 23.5 Å². The Labute approximate surface area is 129 Å². The van der Waals surface area contributed by atoms with E-state index in [1.807, 2.05) is 0 Å². The van der Waals surface area contributed by atoms with Crippen LogP contribution in [0.15, 0.2) is 0 Å². The smallest absolute Gasteiger partial charge is 0.417 e. The van der Waals surface area contributed by atoms with E-state index in [-0.39, 0.29) is 24.9 Å². The van der Waals surface area contributed by atoms with Crippen molar-refractivity contribution in [3.05, 3.63) is 0 Å². The SMILES string of the molecule is CC(C)(C)OC(=O)N1CC(C[C@H]2COCCO2)C(=O)CC1=O. The summed E-state index contributed by atoms with van der Waals surface area (Å²) in [6, 6.07) is 0. The van der Waals surface area contributed by atoms with Gasteiger partial charge in [0.25, 0.3) is 0 Å². The Morgan fingerprint density at radius 1 is 1.32 bits per heavy atom. The predicted octanol–water partition coefficient (Wildman–Crippen LogP) is 1.14. The number of piperidine rings is 1. The fourth-order valence-corrected chi connectivity index (χ4v) is 2.50. The van der Waals surface area contributed by atoms with Gasteiger partial charge in [-0.25, -0.2) is 9.69 Å². The van der Waals surface area contributed by atoms with Crippen LogP contribution >= 0.6 is 0 Å². The van der Waals surface area contributed by atoms with Crippen LogP contribution in [-0.4, -0.2) is 60.8 Å². The minimum Gasteiger partial charge on any atom is -0.443 e. The Hall–Kier alpha value is -1.47. The summed E-state index contributed by atoms with van der Waals surface area (Å²) in [7, 11) is 0. The number of hydrogen-bond acceptors (Lipinski definition) is 6. The molecule has 0 aromatic heterocycles. The van der Waals surface area contributed by atoms with E-state index in [4.69, 9.17) is 14.2 Å². The molecule has 0 N–H and O–H groups in total. The second kappa shape index (κ2) is 6.75. The van der Waals surface area contributed by atoms with Crippen LogP contribution in [-0.2, 0) is 23.8 Å². The highest BCUT2D eigenvalue weighted by Crippen LogP contribution is 2.23. The van der Waals surface area contributed by atoms with Crippen LogP contribution in [0.5, 0.6) is 0 Å². The van der Waals surface area contributed by atoms with Crippen molar-refractivity contribution in [1.29, 1.82) is 0 Å². The molecule has 22 heavy (non-hydrogen) atoms. The third kappa shape index (κ3) is 4.51. The van der Waals surface area contributed by atoms with Crippen LogP contribution in [0.4, 0.5) is 4.79 Å². The third-order valence-electron chi connectivity index (χ3n) is 3.53. The number of carbonyl (C=O) groups excluding carboxylic acids is 3. The average Bonchev–Trinajstić information content (AvgIpc) is 2.41. The van der Waals surface area contributed by atoms with E-state index in [0.29, 0.717) is 26.2 Å². The van der Waals surface area contributed by atoms with Gasteiger partial charge in [0.15, 0.2) is 0 Å². The summed E-state index contributed by atoms with van der Waals surface area (Å²) in [5, 5.41) is 0. The number of amides is 2. The summed E-state index contributed by atoms with van der Waals surface area (Å²) in [6.45, 7) is 6.73. The number of rotatable bonds is 2. The van der Waals surface area contributed by atoms with E-state index in [9.17, 15) is 14.4 Å². The lowest BCUT2D eigenvalue weighted by Crippen LogP contribution is -2.50. The van der Waals surface area contributed by atoms with Gasteiger partial charge in [-0.15, -0.1) is 0 Å². The fraction of sp³-hybridized carbons (Fsp3) is 0.800. The molecule has 0 spiro atoms. The molecule has 0 radical (unpaired) electrons. The third-order valence-corrected chi connectivity index (χ3v) is 3.53. The van der Waals surface area contributed by atoms with Gasteiger partial charge in [-0.05, 0) is 27.2 Å². The lowest BCUT2D eigenvalue weighted by atomic mass is 9.90. The number of ketones is 1. The second-order valence-electron chi connectivity index (χ2n) is 6.63. The molecule has 2 saturated heterocycles. The maximum absolute atomic E-state index is 12.1. The number of Topliss-reactive ketones (excluding diaryl/α,β-unsaturated/α-hetero) is 1. The van der Waals surface area contributed by atoms with Gasteiger partial charge in [0.2, 0.25) is 5.91 Å². The summed E-state index contributed by atoms with van der Waals surface area (Å²) in [5.74, 6) is -1.08. The lowest BCUT2D eigenvalue weighted by molar-refractivity contribution is -0.144. The van der Waals surface area contributed by atoms with Gasteiger partial charge in [0.05, 0.1) is 32.3 Å². The van der Waals surface area contributed by atoms with Crippen LogP contribution in [0.2, 0.25) is 0 Å². The molecule has 1 unspecified atom stereocenters. The summed E-state index contributed by atoms with van der Waals surface area (Å²) in [4.78, 5) is 37.1. The molecule has 7 nitrogen and oxygen atoms in total. The van der Waals surface area contributed by atoms with Crippen LogP contribution in [0.25, 0.3) is 0 Å². The quantitative estimate of drug-likeness (QED) is 0.711. The van der Waals surface area contributed by atoms with Crippen molar-refractivity contribution < 1.29 is 28.6 Å². The van der Waals surface area contributed by atoms with Crippen molar-refractivity contribution >= 4 is 17.8 Å². The highest BCUT2D eigenvalue weighted by atomic mass is 16.6. The molecule has 2 aliphatic rings. The summed E-state index contributed by atoms with van der Waals surface area (Å²) in [6.07, 6.45) is -0.685. The molecule has 2 aliphatic heterocycles. The standard InChI is InChI=1S/C15H23NO6/c1-15(2,3)22-14(19)16-8-10(12(17)7-13(16)18)6-11-9-20-4-5-21-11/h10-11H,4-9H2,1-3H3/t10?,11-/m0/s1. The zero-order valence-corrected chi connectivity index (χ0v) is 13.3. The van der Waals surface area contributed by atoms with Crippen LogP contribution < -0.4 is 0 Å². The largest absolute Gasteiger partial charge is 0.443 e. The zero-order valence-electron chi connectivity index (χ0n) is 13.3. The van der Waals surface area contributed by atoms with Crippen molar-refractivity contribution in [2.75, 3.05) is 26.4 Å². The summed E-state index contributed by atoms with van der Waals surface area (Å²) >= 11 is 0. The number of ether oxygens (including phenoxy) is 3. The molecule has 2 rings (SSSR count). The fourth-order valence-electron chi connectivity index (χ4n) is 2.50. The van der Waals surface area contributed by atoms with Crippen molar-refractivity contribution in [3.63, 3.8) is 0 Å². The molecule has 0 aromatic carbocycles. The topological polar surface area (TPSA) is 82.1 Å². The first-order valence-electron chi connectivity index (χ1n) is 7.51. The number of hydrogen-bond donors (Lipinski definition) is 0. The van der Waals surface area contributed by atoms with E-state index in [1.165, 1.54) is 0 Å². The predicted molar refractivity (Wildman–Crippen MR) is 76.2 cm³/mol. The molecule has 2 fully saturated rings. The Balaban J connectivity index is 1.98. The van der Waals surface area contributed by atoms with Gasteiger partial charge in [-0.2, -0.15) is 0 Å². The van der Waals surface area contributed by atoms with Crippen LogP contribution in [0.3, 0.4) is 0 Å². The molecule has 0 aromatic rings. The van der Waals surface area contributed by atoms with Crippen LogP contribution in [0.1, 0.15) is 33.6 Å². The monoisotopic (exact) mass is 313 g/mol. The number of likely N-dealkylation sites (tertiary alicyclic amines) is 1. The Kier molecular flexibility index (Phi) is 5.18. The normalized spacial score (nSPS) is 27.0. The van der Waals surface area contributed by atoms with Gasteiger partial charge >= 0.3 is 6.09 Å². The minimum atomic E-state index is -0.698. The number of imide groups is 1. The van der Waals surface area contributed by atoms with Crippen LogP contribution in [0, 0.1) is 5.92 Å². The maximum atomic E-state index is 12.1. The molecular weight excluding hydrogens is 290 g/mol. The summed E-state index contributed by atoms with van der Waals surface area (Å²) in [5.41, 5.74) is -0.686. The van der Waals surface area contributed by atoms with Crippen molar-refractivity contribution in [2.24, 2.45) is 5.92 Å². The second-order valence-corrected chi connectivity index (χ2v) is 6.63. The zero-order chi connectivity index (χ0) is 16.3. The number of carbonyl (C=O) groups is 3. The molecule has 2 amide bonds. The average molecular weight is 313 g/mol. The Morgan fingerprint density at radius 2 is 2.05 bits per heavy atom. The van der Waals surface area contributed by atoms with Crippen molar-refractivity contribution in [1.82, 2.24) is 4.90 Å². The minimum absolute atomic E-state index is 0.0481. The summed E-state index contributed by atoms with van der Waals surface area (Å²) < 4.78 is 16.1. The molecular formula is C15H23NO6. The highest BCUT2D eigenvalue weighted by Gasteiger charge is 2.39. The number of nitrogens with zero attached hydrogens (tertiary/aromatic N) is 1.